The first-order valence-corrected chi connectivity index (χ1v) is 5.54. The van der Waals surface area contributed by atoms with Crippen molar-refractivity contribution in [1.82, 2.24) is 4.90 Å². The van der Waals surface area contributed by atoms with E-state index in [1.165, 1.54) is 25.1 Å². The SMILES string of the molecule is CCC(c1ccccc1)C1CN(C)C1. The van der Waals surface area contributed by atoms with E-state index in [0.717, 1.165) is 11.8 Å². The zero-order chi connectivity index (χ0) is 9.97. The summed E-state index contributed by atoms with van der Waals surface area (Å²) in [5.41, 5.74) is 1.52. The largest absolute Gasteiger partial charge is 0.306 e. The van der Waals surface area contributed by atoms with E-state index in [-0.39, 0.29) is 0 Å². The molecule has 0 N–H and O–H groups in total. The van der Waals surface area contributed by atoms with Gasteiger partial charge in [0.25, 0.3) is 0 Å². The molecule has 0 radical (unpaired) electrons. The summed E-state index contributed by atoms with van der Waals surface area (Å²) in [4.78, 5) is 2.40. The quantitative estimate of drug-likeness (QED) is 0.706. The Morgan fingerprint density at radius 1 is 1.29 bits per heavy atom. The molecule has 1 aliphatic heterocycles. The highest BCUT2D eigenvalue weighted by molar-refractivity contribution is 5.21. The van der Waals surface area contributed by atoms with Crippen molar-refractivity contribution in [1.29, 1.82) is 0 Å². The molecular formula is C13H19N. The lowest BCUT2D eigenvalue weighted by Crippen LogP contribution is -2.46. The van der Waals surface area contributed by atoms with Crippen LogP contribution in [0.5, 0.6) is 0 Å². The standard InChI is InChI=1S/C13H19N/c1-3-13(12-9-14(2)10-12)11-7-5-4-6-8-11/h4-8,12-13H,3,9-10H2,1-2H3. The molecule has 1 atom stereocenters. The second kappa shape index (κ2) is 4.14. The maximum absolute atomic E-state index is 2.40. The minimum absolute atomic E-state index is 0.771. The normalized spacial score (nSPS) is 20.4. The monoisotopic (exact) mass is 189 g/mol. The van der Waals surface area contributed by atoms with Crippen LogP contribution >= 0.6 is 0 Å². The van der Waals surface area contributed by atoms with E-state index in [4.69, 9.17) is 0 Å². The molecule has 0 spiro atoms. The van der Waals surface area contributed by atoms with Crippen LogP contribution < -0.4 is 0 Å². The molecule has 1 aromatic rings. The molecule has 0 aromatic heterocycles. The second-order valence-electron chi connectivity index (χ2n) is 4.41. The zero-order valence-electron chi connectivity index (χ0n) is 9.11. The number of likely N-dealkylation sites (tertiary alicyclic amines) is 1. The number of hydrogen-bond donors (Lipinski definition) is 0. The van der Waals surface area contributed by atoms with Crippen molar-refractivity contribution < 1.29 is 0 Å². The molecule has 1 saturated heterocycles. The molecule has 0 amide bonds. The summed E-state index contributed by atoms with van der Waals surface area (Å²) in [5, 5.41) is 0. The van der Waals surface area contributed by atoms with Crippen molar-refractivity contribution in [2.75, 3.05) is 20.1 Å². The Labute approximate surface area is 86.7 Å². The first kappa shape index (κ1) is 9.72. The minimum Gasteiger partial charge on any atom is -0.306 e. The summed E-state index contributed by atoms with van der Waals surface area (Å²) in [6, 6.07) is 10.9. The molecule has 1 unspecified atom stereocenters. The first-order chi connectivity index (χ1) is 6.81. The topological polar surface area (TPSA) is 3.24 Å². The molecule has 1 heteroatoms. The number of benzene rings is 1. The average molecular weight is 189 g/mol. The Morgan fingerprint density at radius 2 is 1.93 bits per heavy atom. The third kappa shape index (κ3) is 1.83. The van der Waals surface area contributed by atoms with Crippen molar-refractivity contribution in [2.45, 2.75) is 19.3 Å². The van der Waals surface area contributed by atoms with Crippen LogP contribution in [0.4, 0.5) is 0 Å². The maximum atomic E-state index is 2.40. The van der Waals surface area contributed by atoms with E-state index in [1.54, 1.807) is 0 Å². The molecule has 76 valence electrons. The Morgan fingerprint density at radius 3 is 2.43 bits per heavy atom. The molecule has 1 aliphatic rings. The minimum atomic E-state index is 0.771. The maximum Gasteiger partial charge on any atom is 0.00248 e. The van der Waals surface area contributed by atoms with Gasteiger partial charge in [0.1, 0.15) is 0 Å². The van der Waals surface area contributed by atoms with E-state index in [2.05, 4.69) is 49.2 Å². The van der Waals surface area contributed by atoms with Gasteiger partial charge in [0, 0.05) is 13.1 Å². The van der Waals surface area contributed by atoms with Crippen LogP contribution in [0.25, 0.3) is 0 Å². The lowest BCUT2D eigenvalue weighted by atomic mass is 9.80. The van der Waals surface area contributed by atoms with Crippen LogP contribution in [0.1, 0.15) is 24.8 Å². The summed E-state index contributed by atoms with van der Waals surface area (Å²) in [7, 11) is 2.20. The van der Waals surface area contributed by atoms with Crippen molar-refractivity contribution in [2.24, 2.45) is 5.92 Å². The highest BCUT2D eigenvalue weighted by atomic mass is 15.2. The average Bonchev–Trinajstić information content (AvgIpc) is 2.18. The summed E-state index contributed by atoms with van der Waals surface area (Å²) < 4.78 is 0. The molecule has 0 bridgehead atoms. The molecule has 2 rings (SSSR count). The first-order valence-electron chi connectivity index (χ1n) is 5.54. The van der Waals surface area contributed by atoms with Gasteiger partial charge in [0.05, 0.1) is 0 Å². The van der Waals surface area contributed by atoms with Gasteiger partial charge in [-0.25, -0.2) is 0 Å². The van der Waals surface area contributed by atoms with Crippen molar-refractivity contribution in [3.8, 4) is 0 Å². The molecule has 1 heterocycles. The highest BCUT2D eigenvalue weighted by Crippen LogP contribution is 2.33. The van der Waals surface area contributed by atoms with Gasteiger partial charge in [0.2, 0.25) is 0 Å². The Balaban J connectivity index is 2.07. The van der Waals surface area contributed by atoms with Crippen LogP contribution in [-0.2, 0) is 0 Å². The molecular weight excluding hydrogens is 170 g/mol. The van der Waals surface area contributed by atoms with E-state index in [0.29, 0.717) is 0 Å². The lowest BCUT2D eigenvalue weighted by molar-refractivity contribution is 0.109. The number of rotatable bonds is 3. The fourth-order valence-electron chi connectivity index (χ4n) is 2.54. The van der Waals surface area contributed by atoms with Crippen molar-refractivity contribution >= 4 is 0 Å². The third-order valence-electron chi connectivity index (χ3n) is 3.33. The van der Waals surface area contributed by atoms with Crippen LogP contribution in [0.2, 0.25) is 0 Å². The van der Waals surface area contributed by atoms with E-state index in [9.17, 15) is 0 Å². The van der Waals surface area contributed by atoms with Gasteiger partial charge < -0.3 is 4.90 Å². The van der Waals surface area contributed by atoms with Gasteiger partial charge in [-0.1, -0.05) is 37.3 Å². The second-order valence-corrected chi connectivity index (χ2v) is 4.41. The lowest BCUT2D eigenvalue weighted by Gasteiger charge is -2.41. The highest BCUT2D eigenvalue weighted by Gasteiger charge is 2.30. The Hall–Kier alpha value is -0.820. The predicted molar refractivity (Wildman–Crippen MR) is 60.5 cm³/mol. The summed E-state index contributed by atoms with van der Waals surface area (Å²) in [6.45, 7) is 4.84. The van der Waals surface area contributed by atoms with Gasteiger partial charge in [-0.2, -0.15) is 0 Å². The summed E-state index contributed by atoms with van der Waals surface area (Å²) in [6.07, 6.45) is 1.27. The molecule has 1 fully saturated rings. The molecule has 1 aromatic carbocycles. The predicted octanol–water partition coefficient (Wildman–Crippen LogP) is 2.74. The van der Waals surface area contributed by atoms with Gasteiger partial charge in [0.15, 0.2) is 0 Å². The molecule has 14 heavy (non-hydrogen) atoms. The fourth-order valence-corrected chi connectivity index (χ4v) is 2.54. The number of nitrogens with zero attached hydrogens (tertiary/aromatic N) is 1. The van der Waals surface area contributed by atoms with Gasteiger partial charge >= 0.3 is 0 Å². The van der Waals surface area contributed by atoms with Crippen LogP contribution in [-0.4, -0.2) is 25.0 Å². The third-order valence-corrected chi connectivity index (χ3v) is 3.33. The van der Waals surface area contributed by atoms with Crippen molar-refractivity contribution in [3.05, 3.63) is 35.9 Å². The van der Waals surface area contributed by atoms with Crippen molar-refractivity contribution in [3.63, 3.8) is 0 Å². The smallest absolute Gasteiger partial charge is 0.00248 e. The van der Waals surface area contributed by atoms with Gasteiger partial charge in [-0.15, -0.1) is 0 Å². The summed E-state index contributed by atoms with van der Waals surface area (Å²) in [5.74, 6) is 1.65. The zero-order valence-corrected chi connectivity index (χ0v) is 9.11. The van der Waals surface area contributed by atoms with Gasteiger partial charge in [-0.3, -0.25) is 0 Å². The molecule has 0 saturated carbocycles. The molecule has 0 aliphatic carbocycles. The van der Waals surface area contributed by atoms with E-state index >= 15 is 0 Å². The van der Waals surface area contributed by atoms with E-state index < -0.39 is 0 Å². The van der Waals surface area contributed by atoms with Gasteiger partial charge in [-0.05, 0) is 30.9 Å². The fraction of sp³-hybridized carbons (Fsp3) is 0.538. The molecule has 1 nitrogen and oxygen atoms in total. The van der Waals surface area contributed by atoms with Crippen LogP contribution in [0, 0.1) is 5.92 Å². The van der Waals surface area contributed by atoms with Crippen LogP contribution in [0.3, 0.4) is 0 Å². The number of hydrogen-bond acceptors (Lipinski definition) is 1. The summed E-state index contributed by atoms with van der Waals surface area (Å²) >= 11 is 0. The Bertz CT molecular complexity index is 275. The Kier molecular flexibility index (Phi) is 2.87. The van der Waals surface area contributed by atoms with E-state index in [1.807, 2.05) is 0 Å². The van der Waals surface area contributed by atoms with Crippen LogP contribution in [0.15, 0.2) is 30.3 Å².